The number of hydrogen-bond donors (Lipinski definition) is 3. The van der Waals surface area contributed by atoms with Crippen LogP contribution in [-0.2, 0) is 16.8 Å². The van der Waals surface area contributed by atoms with Gasteiger partial charge in [0.15, 0.2) is 5.54 Å². The molecule has 0 saturated heterocycles. The Hall–Kier alpha value is -3.28. The van der Waals surface area contributed by atoms with E-state index in [1.807, 2.05) is 49.4 Å². The highest BCUT2D eigenvalue weighted by atomic mass is 16.2. The average molecular weight is 360 g/mol. The van der Waals surface area contributed by atoms with Crippen LogP contribution in [-0.4, -0.2) is 34.9 Å². The largest absolute Gasteiger partial charge is 0.355 e. The summed E-state index contributed by atoms with van der Waals surface area (Å²) in [5.74, 6) is -0.192. The second-order valence-electron chi connectivity index (χ2n) is 6.97. The van der Waals surface area contributed by atoms with Gasteiger partial charge in [0.25, 0.3) is 5.91 Å². The van der Waals surface area contributed by atoms with Crippen molar-refractivity contribution in [3.05, 3.63) is 65.4 Å². The third kappa shape index (κ3) is 1.95. The lowest BCUT2D eigenvalue weighted by Crippen LogP contribution is -2.60. The van der Waals surface area contributed by atoms with E-state index in [1.165, 1.54) is 0 Å². The molecule has 0 saturated carbocycles. The van der Waals surface area contributed by atoms with Crippen LogP contribution in [0.25, 0.3) is 10.9 Å². The fraction of sp³-hybridized carbons (Fsp3) is 0.238. The highest BCUT2D eigenvalue weighted by molar-refractivity contribution is 6.11. The van der Waals surface area contributed by atoms with Gasteiger partial charge in [-0.05, 0) is 31.0 Å². The van der Waals surface area contributed by atoms with Crippen LogP contribution in [0.15, 0.2) is 48.5 Å². The molecule has 1 atom stereocenters. The number of carbonyl (C=O) groups is 2. The lowest BCUT2D eigenvalue weighted by molar-refractivity contribution is -0.124. The molecule has 5 rings (SSSR count). The predicted molar refractivity (Wildman–Crippen MR) is 104 cm³/mol. The Kier molecular flexibility index (Phi) is 3.31. The number of urea groups is 1. The molecule has 6 heteroatoms. The average Bonchev–Trinajstić information content (AvgIpc) is 3.19. The Morgan fingerprint density at radius 1 is 1.19 bits per heavy atom. The van der Waals surface area contributed by atoms with Crippen molar-refractivity contribution in [2.75, 3.05) is 18.4 Å². The highest BCUT2D eigenvalue weighted by Gasteiger charge is 2.58. The minimum absolute atomic E-state index is 0.192. The number of hydrogen-bond acceptors (Lipinski definition) is 2. The van der Waals surface area contributed by atoms with Crippen LogP contribution in [0.2, 0.25) is 0 Å². The molecular weight excluding hydrogens is 340 g/mol. The quantitative estimate of drug-likeness (QED) is 0.624. The van der Waals surface area contributed by atoms with Crippen molar-refractivity contribution in [3.63, 3.8) is 0 Å². The molecular formula is C21H20N4O2. The predicted octanol–water partition coefficient (Wildman–Crippen LogP) is 2.95. The van der Waals surface area contributed by atoms with E-state index < -0.39 is 5.54 Å². The standard InChI is InChI=1S/C21H20N4O2/c1-2-22-20(27)25-12-11-14-13-7-3-5-9-16(13)23-18(14)21(25)15-8-4-6-10-17(15)24-19(21)26/h3-10,23H,2,11-12H2,1H3,(H,22,27)(H,24,26). The number of aromatic nitrogens is 1. The third-order valence-electron chi connectivity index (χ3n) is 5.63. The molecule has 2 aliphatic heterocycles. The molecule has 1 unspecified atom stereocenters. The summed E-state index contributed by atoms with van der Waals surface area (Å²) in [7, 11) is 0. The SMILES string of the molecule is CCNC(=O)N1CCc2c([nH]c3ccccc23)C12C(=O)Nc1ccccc12. The van der Waals surface area contributed by atoms with E-state index in [9.17, 15) is 9.59 Å². The molecule has 27 heavy (non-hydrogen) atoms. The second kappa shape index (κ2) is 5.61. The molecule has 0 fully saturated rings. The van der Waals surface area contributed by atoms with Gasteiger partial charge in [0.1, 0.15) is 0 Å². The molecule has 3 amide bonds. The number of nitrogens with zero attached hydrogens (tertiary/aromatic N) is 1. The van der Waals surface area contributed by atoms with Gasteiger partial charge in [-0.25, -0.2) is 4.79 Å². The van der Waals surface area contributed by atoms with Gasteiger partial charge in [0.2, 0.25) is 0 Å². The van der Waals surface area contributed by atoms with Crippen LogP contribution < -0.4 is 10.6 Å². The number of rotatable bonds is 1. The topological polar surface area (TPSA) is 77.2 Å². The monoisotopic (exact) mass is 360 g/mol. The smallest absolute Gasteiger partial charge is 0.318 e. The number of nitrogens with one attached hydrogen (secondary N) is 3. The summed E-state index contributed by atoms with van der Waals surface area (Å²) in [4.78, 5) is 31.5. The van der Waals surface area contributed by atoms with Crippen LogP contribution in [0.1, 0.15) is 23.7 Å². The highest BCUT2D eigenvalue weighted by Crippen LogP contribution is 2.49. The van der Waals surface area contributed by atoms with Crippen molar-refractivity contribution in [1.29, 1.82) is 0 Å². The van der Waals surface area contributed by atoms with E-state index >= 15 is 0 Å². The Labute approximate surface area is 156 Å². The Bertz CT molecular complexity index is 1090. The Morgan fingerprint density at radius 2 is 1.96 bits per heavy atom. The summed E-state index contributed by atoms with van der Waals surface area (Å²) in [6.07, 6.45) is 0.702. The number of H-pyrrole nitrogens is 1. The maximum absolute atomic E-state index is 13.4. The summed E-state index contributed by atoms with van der Waals surface area (Å²) < 4.78 is 0. The van der Waals surface area contributed by atoms with Gasteiger partial charge < -0.3 is 20.5 Å². The first-order valence-corrected chi connectivity index (χ1v) is 9.24. The van der Waals surface area contributed by atoms with Crippen molar-refractivity contribution >= 4 is 28.5 Å². The molecule has 3 aromatic rings. The number of anilines is 1. The summed E-state index contributed by atoms with van der Waals surface area (Å²) in [6.45, 7) is 2.86. The lowest BCUT2D eigenvalue weighted by Gasteiger charge is -2.42. The number of benzene rings is 2. The number of aromatic amines is 1. The summed E-state index contributed by atoms with van der Waals surface area (Å²) in [6, 6.07) is 15.4. The van der Waals surface area contributed by atoms with Gasteiger partial charge in [-0.2, -0.15) is 0 Å². The second-order valence-corrected chi connectivity index (χ2v) is 6.97. The first-order chi connectivity index (χ1) is 13.2. The van der Waals surface area contributed by atoms with Crippen LogP contribution >= 0.6 is 0 Å². The summed E-state index contributed by atoms with van der Waals surface area (Å²) in [5.41, 5.74) is 3.28. The molecule has 6 nitrogen and oxygen atoms in total. The molecule has 0 radical (unpaired) electrons. The minimum Gasteiger partial charge on any atom is -0.355 e. The summed E-state index contributed by atoms with van der Waals surface area (Å²) >= 11 is 0. The Balaban J connectivity index is 1.84. The zero-order chi connectivity index (χ0) is 18.6. The normalized spacial score (nSPS) is 20.5. The van der Waals surface area contributed by atoms with Gasteiger partial charge >= 0.3 is 6.03 Å². The Morgan fingerprint density at radius 3 is 2.81 bits per heavy atom. The molecule has 0 aliphatic carbocycles. The fourth-order valence-electron chi connectivity index (χ4n) is 4.55. The van der Waals surface area contributed by atoms with E-state index in [0.717, 1.165) is 33.4 Å². The van der Waals surface area contributed by atoms with E-state index in [2.05, 4.69) is 21.7 Å². The van der Waals surface area contributed by atoms with Gasteiger partial charge in [-0.1, -0.05) is 36.4 Å². The maximum atomic E-state index is 13.4. The fourth-order valence-corrected chi connectivity index (χ4v) is 4.55. The van der Waals surface area contributed by atoms with Crippen LogP contribution in [0.5, 0.6) is 0 Å². The van der Waals surface area contributed by atoms with Crippen molar-refractivity contribution in [2.45, 2.75) is 18.9 Å². The molecule has 1 spiro atoms. The van der Waals surface area contributed by atoms with Crippen LogP contribution in [0.3, 0.4) is 0 Å². The van der Waals surface area contributed by atoms with Gasteiger partial charge in [0, 0.05) is 35.2 Å². The first-order valence-electron chi connectivity index (χ1n) is 9.24. The van der Waals surface area contributed by atoms with Crippen molar-refractivity contribution in [3.8, 4) is 0 Å². The molecule has 2 aromatic carbocycles. The van der Waals surface area contributed by atoms with Crippen molar-refractivity contribution in [2.24, 2.45) is 0 Å². The van der Waals surface area contributed by atoms with E-state index in [4.69, 9.17) is 0 Å². The minimum atomic E-state index is -1.18. The van der Waals surface area contributed by atoms with E-state index in [1.54, 1.807) is 4.90 Å². The summed E-state index contributed by atoms with van der Waals surface area (Å²) in [5, 5.41) is 6.98. The molecule has 3 N–H and O–H groups in total. The lowest BCUT2D eigenvalue weighted by atomic mass is 9.80. The van der Waals surface area contributed by atoms with E-state index in [0.29, 0.717) is 19.5 Å². The van der Waals surface area contributed by atoms with Gasteiger partial charge in [-0.15, -0.1) is 0 Å². The van der Waals surface area contributed by atoms with Crippen LogP contribution in [0.4, 0.5) is 10.5 Å². The van der Waals surface area contributed by atoms with Crippen molar-refractivity contribution < 1.29 is 9.59 Å². The molecule has 2 aliphatic rings. The van der Waals surface area contributed by atoms with Gasteiger partial charge in [-0.3, -0.25) is 4.79 Å². The van der Waals surface area contributed by atoms with Gasteiger partial charge in [0.05, 0.1) is 5.69 Å². The molecule has 3 heterocycles. The molecule has 1 aromatic heterocycles. The molecule has 136 valence electrons. The van der Waals surface area contributed by atoms with Crippen LogP contribution in [0, 0.1) is 0 Å². The third-order valence-corrected chi connectivity index (χ3v) is 5.63. The first kappa shape index (κ1) is 15.9. The van der Waals surface area contributed by atoms with Crippen molar-refractivity contribution in [1.82, 2.24) is 15.2 Å². The zero-order valence-corrected chi connectivity index (χ0v) is 15.0. The van der Waals surface area contributed by atoms with E-state index in [-0.39, 0.29) is 11.9 Å². The molecule has 0 bridgehead atoms. The number of fused-ring (bicyclic) bond motifs is 6. The maximum Gasteiger partial charge on any atom is 0.318 e. The number of para-hydroxylation sites is 2. The number of carbonyl (C=O) groups excluding carboxylic acids is 2. The zero-order valence-electron chi connectivity index (χ0n) is 15.0. The number of amides is 3.